The number of H-pyrrole nitrogens is 1. The highest BCUT2D eigenvalue weighted by molar-refractivity contribution is 5.85. The second-order valence-corrected chi connectivity index (χ2v) is 9.90. The van der Waals surface area contributed by atoms with Gasteiger partial charge in [-0.05, 0) is 62.1 Å². The van der Waals surface area contributed by atoms with E-state index in [0.29, 0.717) is 35.1 Å². The van der Waals surface area contributed by atoms with Crippen molar-refractivity contribution < 1.29 is 22.0 Å². The third kappa shape index (κ3) is 5.20. The lowest BCUT2D eigenvalue weighted by atomic mass is 9.90. The maximum atomic E-state index is 14.0. The lowest BCUT2D eigenvalue weighted by molar-refractivity contribution is -0.155. The van der Waals surface area contributed by atoms with E-state index < -0.39 is 24.8 Å². The minimum atomic E-state index is -4.37. The number of benzene rings is 1. The molecule has 194 valence electrons. The number of nitrogens with zero attached hydrogens (tertiary/aromatic N) is 3. The van der Waals surface area contributed by atoms with Gasteiger partial charge in [-0.15, -0.1) is 0 Å². The molecule has 0 radical (unpaired) electrons. The van der Waals surface area contributed by atoms with Gasteiger partial charge in [-0.3, -0.25) is 14.3 Å². The summed E-state index contributed by atoms with van der Waals surface area (Å²) in [6, 6.07) is 7.07. The van der Waals surface area contributed by atoms with Crippen LogP contribution < -0.4 is 5.32 Å². The summed E-state index contributed by atoms with van der Waals surface area (Å²) in [7, 11) is 0. The molecule has 1 saturated heterocycles. The van der Waals surface area contributed by atoms with E-state index in [1.807, 2.05) is 6.07 Å². The number of hydrogen-bond acceptors (Lipinski definition) is 4. The highest BCUT2D eigenvalue weighted by Gasteiger charge is 2.42. The highest BCUT2D eigenvalue weighted by atomic mass is 19.4. The summed E-state index contributed by atoms with van der Waals surface area (Å²) in [5.41, 5.74) is 3.46. The molecular weight excluding hydrogens is 477 g/mol. The van der Waals surface area contributed by atoms with E-state index in [2.05, 4.69) is 20.2 Å². The van der Waals surface area contributed by atoms with E-state index >= 15 is 0 Å². The Balaban J connectivity index is 1.43. The number of fused-ring (bicyclic) bond motifs is 3. The zero-order valence-corrected chi connectivity index (χ0v) is 20.1. The molecule has 5 nitrogen and oxygen atoms in total. The number of likely N-dealkylation sites (tertiary alicyclic amines) is 1. The van der Waals surface area contributed by atoms with Crippen LogP contribution in [0.5, 0.6) is 0 Å². The van der Waals surface area contributed by atoms with Crippen LogP contribution in [0.15, 0.2) is 36.5 Å². The Hall–Kier alpha value is -2.72. The van der Waals surface area contributed by atoms with Gasteiger partial charge in [0.25, 0.3) is 0 Å². The second kappa shape index (κ2) is 9.97. The lowest BCUT2D eigenvalue weighted by Crippen LogP contribution is -2.47. The number of alkyl halides is 4. The molecule has 0 amide bonds. The minimum absolute atomic E-state index is 0.212. The fourth-order valence-corrected chi connectivity index (χ4v) is 5.62. The first kappa shape index (κ1) is 25.0. The molecule has 2 aliphatic heterocycles. The van der Waals surface area contributed by atoms with Crippen LogP contribution in [0.25, 0.3) is 10.9 Å². The largest absolute Gasteiger partial charge is 0.401 e. The molecule has 2 N–H and O–H groups in total. The van der Waals surface area contributed by atoms with Crippen LogP contribution in [0, 0.1) is 5.82 Å². The lowest BCUT2D eigenvalue weighted by Gasteiger charge is -2.40. The third-order valence-electron chi connectivity index (χ3n) is 7.25. The van der Waals surface area contributed by atoms with Crippen molar-refractivity contribution in [3.8, 4) is 0 Å². The fraction of sp³-hybridized carbons (Fsp3) is 0.500. The Morgan fingerprint density at radius 2 is 2.03 bits per heavy atom. The molecule has 1 fully saturated rings. The molecular formula is C26H30F5N5. The van der Waals surface area contributed by atoms with E-state index in [1.54, 1.807) is 25.3 Å². The van der Waals surface area contributed by atoms with E-state index in [4.69, 9.17) is 0 Å². The Labute approximate surface area is 206 Å². The summed E-state index contributed by atoms with van der Waals surface area (Å²) < 4.78 is 67.2. The first-order chi connectivity index (χ1) is 17.2. The SMILES string of the molecule is C[C@@H]1Cc2c([nH]c3ccc(F)cc23)[C@@H](c2ccc(NC3CCN(CCCF)C3)cn2)N1CC(F)(F)F. The van der Waals surface area contributed by atoms with Gasteiger partial charge in [0, 0.05) is 48.3 Å². The normalized spacial score (nSPS) is 23.3. The van der Waals surface area contributed by atoms with Crippen molar-refractivity contribution in [3.05, 3.63) is 59.3 Å². The van der Waals surface area contributed by atoms with Crippen molar-refractivity contribution in [3.63, 3.8) is 0 Å². The monoisotopic (exact) mass is 507 g/mol. The van der Waals surface area contributed by atoms with Crippen molar-refractivity contribution in [2.75, 3.05) is 38.2 Å². The molecule has 3 aromatic rings. The van der Waals surface area contributed by atoms with Gasteiger partial charge >= 0.3 is 6.18 Å². The van der Waals surface area contributed by atoms with Gasteiger partial charge in [0.05, 0.1) is 36.8 Å². The minimum Gasteiger partial charge on any atom is -0.380 e. The predicted octanol–water partition coefficient (Wildman–Crippen LogP) is 5.45. The number of rotatable bonds is 7. The number of nitrogens with one attached hydrogen (secondary N) is 2. The summed E-state index contributed by atoms with van der Waals surface area (Å²) in [6.07, 6.45) is -0.875. The van der Waals surface area contributed by atoms with Gasteiger partial charge in [0.1, 0.15) is 5.82 Å². The van der Waals surface area contributed by atoms with E-state index in [9.17, 15) is 22.0 Å². The first-order valence-corrected chi connectivity index (χ1v) is 12.3. The smallest absolute Gasteiger partial charge is 0.380 e. The molecule has 3 atom stereocenters. The first-order valence-electron chi connectivity index (χ1n) is 12.3. The van der Waals surface area contributed by atoms with Crippen LogP contribution in [0.3, 0.4) is 0 Å². The highest BCUT2D eigenvalue weighted by Crippen LogP contribution is 2.41. The zero-order chi connectivity index (χ0) is 25.4. The number of hydrogen-bond donors (Lipinski definition) is 2. The van der Waals surface area contributed by atoms with Gasteiger partial charge in [-0.1, -0.05) is 0 Å². The Morgan fingerprint density at radius 1 is 1.19 bits per heavy atom. The van der Waals surface area contributed by atoms with Crippen LogP contribution >= 0.6 is 0 Å². The molecule has 0 spiro atoms. The van der Waals surface area contributed by atoms with Crippen LogP contribution in [-0.2, 0) is 6.42 Å². The van der Waals surface area contributed by atoms with Crippen molar-refractivity contribution in [2.45, 2.75) is 50.5 Å². The van der Waals surface area contributed by atoms with Gasteiger partial charge < -0.3 is 15.2 Å². The summed E-state index contributed by atoms with van der Waals surface area (Å²) in [4.78, 5) is 11.5. The molecule has 0 saturated carbocycles. The quantitative estimate of drug-likeness (QED) is 0.418. The Bertz CT molecular complexity index is 1190. The molecule has 2 aliphatic rings. The maximum absolute atomic E-state index is 14.0. The summed E-state index contributed by atoms with van der Waals surface area (Å²) in [6.45, 7) is 2.83. The van der Waals surface area contributed by atoms with Crippen LogP contribution in [0.1, 0.15) is 42.8 Å². The average molecular weight is 508 g/mol. The topological polar surface area (TPSA) is 47.2 Å². The van der Waals surface area contributed by atoms with Crippen LogP contribution in [0.4, 0.5) is 27.6 Å². The van der Waals surface area contributed by atoms with Crippen molar-refractivity contribution in [1.82, 2.24) is 19.8 Å². The van der Waals surface area contributed by atoms with Crippen molar-refractivity contribution in [2.24, 2.45) is 0 Å². The summed E-state index contributed by atoms with van der Waals surface area (Å²) in [5.74, 6) is -0.380. The summed E-state index contributed by atoms with van der Waals surface area (Å²) in [5, 5.41) is 4.14. The standard InChI is InChI=1S/C26H30F5N5/c1-16-11-21-20-12-17(28)3-5-22(20)34-24(21)25(36(16)15-26(29,30)31)23-6-4-18(13-32-23)33-19-7-10-35(14-19)9-2-8-27/h3-6,12-13,16,19,25,33-34H,2,7-11,14-15H2,1H3/t16-,19?,25-/m1/s1. The van der Waals surface area contributed by atoms with Gasteiger partial charge in [-0.2, -0.15) is 13.2 Å². The molecule has 0 bridgehead atoms. The van der Waals surface area contributed by atoms with Crippen LogP contribution in [0.2, 0.25) is 0 Å². The number of aromatic amines is 1. The molecule has 1 aromatic carbocycles. The number of halogens is 5. The zero-order valence-electron chi connectivity index (χ0n) is 20.1. The fourth-order valence-electron chi connectivity index (χ4n) is 5.62. The molecule has 36 heavy (non-hydrogen) atoms. The summed E-state index contributed by atoms with van der Waals surface area (Å²) >= 11 is 0. The van der Waals surface area contributed by atoms with Crippen LogP contribution in [-0.4, -0.2) is 70.9 Å². The van der Waals surface area contributed by atoms with E-state index in [-0.39, 0.29) is 18.5 Å². The van der Waals surface area contributed by atoms with Crippen molar-refractivity contribution >= 4 is 16.6 Å². The molecule has 0 aliphatic carbocycles. The average Bonchev–Trinajstić information content (AvgIpc) is 3.42. The second-order valence-electron chi connectivity index (χ2n) is 9.90. The number of aromatic nitrogens is 2. The predicted molar refractivity (Wildman–Crippen MR) is 129 cm³/mol. The number of pyridine rings is 1. The van der Waals surface area contributed by atoms with Gasteiger partial charge in [0.2, 0.25) is 0 Å². The Kier molecular flexibility index (Phi) is 6.91. The third-order valence-corrected chi connectivity index (χ3v) is 7.25. The van der Waals surface area contributed by atoms with Crippen molar-refractivity contribution in [1.29, 1.82) is 0 Å². The van der Waals surface area contributed by atoms with Gasteiger partial charge in [0.15, 0.2) is 0 Å². The molecule has 1 unspecified atom stereocenters. The molecule has 5 rings (SSSR count). The molecule has 2 aromatic heterocycles. The van der Waals surface area contributed by atoms with E-state index in [1.165, 1.54) is 17.0 Å². The molecule has 10 heteroatoms. The maximum Gasteiger partial charge on any atom is 0.401 e. The Morgan fingerprint density at radius 3 is 2.75 bits per heavy atom. The van der Waals surface area contributed by atoms with Gasteiger partial charge in [-0.25, -0.2) is 4.39 Å². The van der Waals surface area contributed by atoms with E-state index in [0.717, 1.165) is 37.3 Å². The number of anilines is 1. The molecule has 4 heterocycles.